The van der Waals surface area contributed by atoms with E-state index < -0.39 is 18.1 Å². The zero-order chi connectivity index (χ0) is 28.6. The summed E-state index contributed by atoms with van der Waals surface area (Å²) in [5.41, 5.74) is 2.90. The average molecular weight is 546 g/mol. The Morgan fingerprint density at radius 2 is 1.41 bits per heavy atom. The zero-order valence-corrected chi connectivity index (χ0v) is 20.8. The number of nitrogens with one attached hydrogen (secondary N) is 1. The van der Waals surface area contributed by atoms with Crippen LogP contribution in [0.1, 0.15) is 20.7 Å². The van der Waals surface area contributed by atoms with Crippen molar-refractivity contribution in [1.29, 1.82) is 0 Å². The number of piperazine rings is 1. The molecule has 9 nitrogen and oxygen atoms in total. The van der Waals surface area contributed by atoms with E-state index >= 15 is 0 Å². The fourth-order valence-corrected chi connectivity index (χ4v) is 3.85. The summed E-state index contributed by atoms with van der Waals surface area (Å²) in [7, 11) is 1.56. The van der Waals surface area contributed by atoms with E-state index in [1.54, 1.807) is 43.5 Å². The second-order valence-electron chi connectivity index (χ2n) is 8.33. The first-order valence-electron chi connectivity index (χ1n) is 11.7. The molecule has 0 aliphatic carbocycles. The molecule has 12 heteroatoms. The van der Waals surface area contributed by atoms with Gasteiger partial charge in [0.15, 0.2) is 0 Å². The number of para-hydroxylation sites is 1. The van der Waals surface area contributed by atoms with Gasteiger partial charge < -0.3 is 30.1 Å². The third-order valence-electron chi connectivity index (χ3n) is 5.82. The standard InChI is InChI=1S/C25H25N3O4.C2HF3O2/c1-32-21-10-7-18(8-11-21)24(29)26-19-9-12-23(22(17-19)25(30)31)28-15-13-27(14-16-28)20-5-3-2-4-6-20;3-2(4,5)1(6)7/h2-12,17H,13-16H2,1H3,(H,26,29)(H,30,31);(H,6,7). The number of rotatable bonds is 6. The number of ether oxygens (including phenoxy) is 1. The summed E-state index contributed by atoms with van der Waals surface area (Å²) in [6.45, 7) is 3.04. The summed E-state index contributed by atoms with van der Waals surface area (Å²) in [5.74, 6) is -3.43. The van der Waals surface area contributed by atoms with Crippen LogP contribution in [-0.2, 0) is 4.79 Å². The molecule has 0 saturated carbocycles. The molecule has 0 aromatic heterocycles. The van der Waals surface area contributed by atoms with Gasteiger partial charge in [-0.1, -0.05) is 18.2 Å². The molecule has 206 valence electrons. The molecule has 1 saturated heterocycles. The summed E-state index contributed by atoms with van der Waals surface area (Å²) >= 11 is 0. The lowest BCUT2D eigenvalue weighted by Gasteiger charge is -2.38. The minimum Gasteiger partial charge on any atom is -0.497 e. The van der Waals surface area contributed by atoms with Crippen LogP contribution in [0.15, 0.2) is 72.8 Å². The van der Waals surface area contributed by atoms with Gasteiger partial charge in [0.25, 0.3) is 5.91 Å². The molecule has 3 aromatic carbocycles. The van der Waals surface area contributed by atoms with Crippen molar-refractivity contribution in [2.24, 2.45) is 0 Å². The molecule has 0 spiro atoms. The van der Waals surface area contributed by atoms with E-state index in [9.17, 15) is 27.9 Å². The molecule has 0 radical (unpaired) electrons. The summed E-state index contributed by atoms with van der Waals surface area (Å²) in [5, 5.41) is 19.7. The molecule has 3 N–H and O–H groups in total. The summed E-state index contributed by atoms with van der Waals surface area (Å²) in [6, 6.07) is 21.9. The number of benzene rings is 3. The van der Waals surface area contributed by atoms with Crippen LogP contribution in [0.3, 0.4) is 0 Å². The van der Waals surface area contributed by atoms with Crippen LogP contribution in [0, 0.1) is 0 Å². The topological polar surface area (TPSA) is 119 Å². The van der Waals surface area contributed by atoms with Gasteiger partial charge in [-0.3, -0.25) is 4.79 Å². The number of carboxylic acid groups (broad SMARTS) is 2. The minimum absolute atomic E-state index is 0.172. The Balaban J connectivity index is 0.000000532. The van der Waals surface area contributed by atoms with E-state index in [4.69, 9.17) is 14.6 Å². The lowest BCUT2D eigenvalue weighted by molar-refractivity contribution is -0.192. The first-order valence-corrected chi connectivity index (χ1v) is 11.7. The number of methoxy groups -OCH3 is 1. The maximum Gasteiger partial charge on any atom is 0.490 e. The van der Waals surface area contributed by atoms with Gasteiger partial charge in [0.1, 0.15) is 5.75 Å². The van der Waals surface area contributed by atoms with Crippen molar-refractivity contribution in [1.82, 2.24) is 0 Å². The van der Waals surface area contributed by atoms with E-state index in [-0.39, 0.29) is 11.5 Å². The highest BCUT2D eigenvalue weighted by atomic mass is 19.4. The number of hydrogen-bond donors (Lipinski definition) is 3. The molecule has 0 unspecified atom stereocenters. The predicted octanol–water partition coefficient (Wildman–Crippen LogP) is 4.61. The second kappa shape index (κ2) is 12.7. The lowest BCUT2D eigenvalue weighted by Crippen LogP contribution is -2.47. The molecule has 1 aliphatic rings. The van der Waals surface area contributed by atoms with Gasteiger partial charge in [-0.25, -0.2) is 9.59 Å². The Morgan fingerprint density at radius 1 is 0.846 bits per heavy atom. The highest BCUT2D eigenvalue weighted by Gasteiger charge is 2.38. The largest absolute Gasteiger partial charge is 0.497 e. The number of halogens is 3. The molecule has 39 heavy (non-hydrogen) atoms. The molecular formula is C27H26F3N3O6. The first-order chi connectivity index (χ1) is 18.5. The van der Waals surface area contributed by atoms with Crippen molar-refractivity contribution >= 4 is 34.9 Å². The number of anilines is 3. The quantitative estimate of drug-likeness (QED) is 0.411. The van der Waals surface area contributed by atoms with Gasteiger partial charge in [0.2, 0.25) is 0 Å². The highest BCUT2D eigenvalue weighted by Crippen LogP contribution is 2.27. The molecule has 0 bridgehead atoms. The van der Waals surface area contributed by atoms with Gasteiger partial charge in [0.05, 0.1) is 18.4 Å². The van der Waals surface area contributed by atoms with E-state index in [0.29, 0.717) is 35.8 Å². The van der Waals surface area contributed by atoms with Crippen molar-refractivity contribution in [2.45, 2.75) is 6.18 Å². The Morgan fingerprint density at radius 3 is 1.92 bits per heavy atom. The maximum atomic E-state index is 12.5. The monoisotopic (exact) mass is 545 g/mol. The Kier molecular flexibility index (Phi) is 9.37. The van der Waals surface area contributed by atoms with Crippen molar-refractivity contribution in [2.75, 3.05) is 48.4 Å². The summed E-state index contributed by atoms with van der Waals surface area (Å²) in [6.07, 6.45) is -5.08. The van der Waals surface area contributed by atoms with Crippen LogP contribution in [0.5, 0.6) is 5.75 Å². The van der Waals surface area contributed by atoms with Crippen LogP contribution < -0.4 is 19.9 Å². The number of carbonyl (C=O) groups excluding carboxylic acids is 1. The number of alkyl halides is 3. The third-order valence-corrected chi connectivity index (χ3v) is 5.82. The number of carbonyl (C=O) groups is 3. The minimum atomic E-state index is -5.08. The fraction of sp³-hybridized carbons (Fsp3) is 0.222. The highest BCUT2D eigenvalue weighted by molar-refractivity contribution is 6.05. The van der Waals surface area contributed by atoms with E-state index in [1.807, 2.05) is 18.2 Å². The smallest absolute Gasteiger partial charge is 0.490 e. The van der Waals surface area contributed by atoms with Gasteiger partial charge in [-0.2, -0.15) is 13.2 Å². The zero-order valence-electron chi connectivity index (χ0n) is 20.8. The van der Waals surface area contributed by atoms with Crippen LogP contribution in [0.2, 0.25) is 0 Å². The Hall–Kier alpha value is -4.74. The fourth-order valence-electron chi connectivity index (χ4n) is 3.85. The van der Waals surface area contributed by atoms with Crippen molar-refractivity contribution in [3.05, 3.63) is 83.9 Å². The first kappa shape index (κ1) is 28.8. The normalized spacial score (nSPS) is 13.1. The van der Waals surface area contributed by atoms with E-state index in [1.165, 1.54) is 11.8 Å². The van der Waals surface area contributed by atoms with Crippen molar-refractivity contribution in [3.63, 3.8) is 0 Å². The number of amides is 1. The number of aliphatic carboxylic acids is 1. The molecule has 4 rings (SSSR count). The van der Waals surface area contributed by atoms with Gasteiger partial charge in [-0.15, -0.1) is 0 Å². The molecule has 3 aromatic rings. The van der Waals surface area contributed by atoms with Crippen LogP contribution in [-0.4, -0.2) is 67.5 Å². The molecule has 1 heterocycles. The molecule has 0 atom stereocenters. The number of aromatic carboxylic acids is 1. The Labute approximate surface area is 222 Å². The van der Waals surface area contributed by atoms with E-state index in [0.717, 1.165) is 13.1 Å². The van der Waals surface area contributed by atoms with Crippen molar-refractivity contribution < 1.29 is 42.5 Å². The van der Waals surface area contributed by atoms with Gasteiger partial charge in [-0.05, 0) is 54.6 Å². The van der Waals surface area contributed by atoms with Gasteiger partial charge >= 0.3 is 18.1 Å². The second-order valence-corrected chi connectivity index (χ2v) is 8.33. The van der Waals surface area contributed by atoms with Gasteiger partial charge in [0, 0.05) is 43.1 Å². The molecule has 1 fully saturated rings. The summed E-state index contributed by atoms with van der Waals surface area (Å²) < 4.78 is 36.8. The molecule has 1 aliphatic heterocycles. The van der Waals surface area contributed by atoms with Crippen LogP contribution in [0.25, 0.3) is 0 Å². The SMILES string of the molecule is COc1ccc(C(=O)Nc2ccc(N3CCN(c4ccccc4)CC3)c(C(=O)O)c2)cc1.O=C(O)C(F)(F)F. The molecule has 1 amide bonds. The number of nitrogens with zero attached hydrogens (tertiary/aromatic N) is 2. The maximum absolute atomic E-state index is 12.5. The summed E-state index contributed by atoms with van der Waals surface area (Å²) in [4.78, 5) is 37.8. The van der Waals surface area contributed by atoms with E-state index in [2.05, 4.69) is 27.2 Å². The lowest BCUT2D eigenvalue weighted by atomic mass is 10.1. The average Bonchev–Trinajstić information content (AvgIpc) is 2.93. The van der Waals surface area contributed by atoms with Crippen LogP contribution >= 0.6 is 0 Å². The van der Waals surface area contributed by atoms with Crippen LogP contribution in [0.4, 0.5) is 30.2 Å². The third kappa shape index (κ3) is 7.87. The molecular weight excluding hydrogens is 519 g/mol. The predicted molar refractivity (Wildman–Crippen MR) is 139 cm³/mol. The van der Waals surface area contributed by atoms with Crippen molar-refractivity contribution in [3.8, 4) is 5.75 Å². The Bertz CT molecular complexity index is 1290. The number of hydrogen-bond acceptors (Lipinski definition) is 6. The number of carboxylic acids is 2.